The first-order chi connectivity index (χ1) is 9.56. The standard InChI is InChI=1S/C15H18N4O/c1-4-6-19-7-5-13(15(19)20)18(3)14-9-12(10-16)8-11(2)17-14/h4,8-9,13H,1,5-7H2,2-3H3. The van der Waals surface area contributed by atoms with Gasteiger partial charge >= 0.3 is 0 Å². The molecule has 5 heteroatoms. The third-order valence-corrected chi connectivity index (χ3v) is 3.52. The molecule has 2 heterocycles. The van der Waals surface area contributed by atoms with Crippen LogP contribution in [0.25, 0.3) is 0 Å². The number of pyridine rings is 1. The zero-order valence-corrected chi connectivity index (χ0v) is 11.8. The van der Waals surface area contributed by atoms with Gasteiger partial charge in [-0.1, -0.05) is 6.08 Å². The van der Waals surface area contributed by atoms with Crippen LogP contribution in [0.15, 0.2) is 24.8 Å². The number of likely N-dealkylation sites (tertiary alicyclic amines) is 1. The molecular formula is C15H18N4O. The predicted octanol–water partition coefficient (Wildman–Crippen LogP) is 1.48. The Hall–Kier alpha value is -2.35. The van der Waals surface area contributed by atoms with E-state index in [9.17, 15) is 4.79 Å². The number of hydrogen-bond donors (Lipinski definition) is 0. The first-order valence-corrected chi connectivity index (χ1v) is 6.58. The van der Waals surface area contributed by atoms with Crippen molar-refractivity contribution in [1.82, 2.24) is 9.88 Å². The van der Waals surface area contributed by atoms with E-state index in [1.54, 1.807) is 23.1 Å². The Bertz CT molecular complexity index is 576. The fourth-order valence-electron chi connectivity index (χ4n) is 2.47. The van der Waals surface area contributed by atoms with Crippen molar-refractivity contribution in [3.05, 3.63) is 36.0 Å². The minimum absolute atomic E-state index is 0.0919. The fraction of sp³-hybridized carbons (Fsp3) is 0.400. The fourth-order valence-corrected chi connectivity index (χ4v) is 2.47. The molecule has 0 bridgehead atoms. The second kappa shape index (κ2) is 5.74. The van der Waals surface area contributed by atoms with E-state index < -0.39 is 0 Å². The largest absolute Gasteiger partial charge is 0.348 e. The van der Waals surface area contributed by atoms with Crippen LogP contribution in [-0.2, 0) is 4.79 Å². The van der Waals surface area contributed by atoms with Crippen LogP contribution in [-0.4, -0.2) is 42.0 Å². The lowest BCUT2D eigenvalue weighted by Crippen LogP contribution is -2.40. The molecule has 1 unspecified atom stereocenters. The van der Waals surface area contributed by atoms with Gasteiger partial charge in [0.25, 0.3) is 0 Å². The summed E-state index contributed by atoms with van der Waals surface area (Å²) in [5.74, 6) is 0.759. The van der Waals surface area contributed by atoms with Crippen LogP contribution in [0, 0.1) is 18.3 Å². The minimum Gasteiger partial charge on any atom is -0.348 e. The van der Waals surface area contributed by atoms with E-state index in [4.69, 9.17) is 5.26 Å². The lowest BCUT2D eigenvalue weighted by Gasteiger charge is -2.25. The maximum Gasteiger partial charge on any atom is 0.245 e. The maximum atomic E-state index is 12.3. The molecule has 0 saturated carbocycles. The number of anilines is 1. The number of amides is 1. The van der Waals surface area contributed by atoms with Gasteiger partial charge < -0.3 is 9.80 Å². The first kappa shape index (κ1) is 14.1. The molecule has 1 aliphatic rings. The van der Waals surface area contributed by atoms with Crippen molar-refractivity contribution in [3.8, 4) is 6.07 Å². The average molecular weight is 270 g/mol. The van der Waals surface area contributed by atoms with Crippen LogP contribution in [0.4, 0.5) is 5.82 Å². The predicted molar refractivity (Wildman–Crippen MR) is 77.3 cm³/mol. The summed E-state index contributed by atoms with van der Waals surface area (Å²) >= 11 is 0. The maximum absolute atomic E-state index is 12.3. The van der Waals surface area contributed by atoms with Crippen LogP contribution in [0.5, 0.6) is 0 Å². The molecule has 0 aliphatic carbocycles. The number of carbonyl (C=O) groups excluding carboxylic acids is 1. The topological polar surface area (TPSA) is 60.2 Å². The second-order valence-electron chi connectivity index (χ2n) is 4.96. The lowest BCUT2D eigenvalue weighted by molar-refractivity contribution is -0.128. The quantitative estimate of drug-likeness (QED) is 0.778. The molecule has 5 nitrogen and oxygen atoms in total. The van der Waals surface area contributed by atoms with Crippen molar-refractivity contribution < 1.29 is 4.79 Å². The SMILES string of the molecule is C=CCN1CCC(N(C)c2cc(C#N)cc(C)n2)C1=O. The number of aryl methyl sites for hydroxylation is 1. The third kappa shape index (κ3) is 2.64. The van der Waals surface area contributed by atoms with E-state index in [0.29, 0.717) is 17.9 Å². The van der Waals surface area contributed by atoms with E-state index in [0.717, 1.165) is 18.7 Å². The average Bonchev–Trinajstić information content (AvgIpc) is 2.79. The summed E-state index contributed by atoms with van der Waals surface area (Å²) in [5, 5.41) is 9.02. The van der Waals surface area contributed by atoms with Gasteiger partial charge in [-0.25, -0.2) is 4.98 Å². The Morgan fingerprint density at radius 1 is 1.65 bits per heavy atom. The van der Waals surface area contributed by atoms with Crippen LogP contribution in [0.1, 0.15) is 17.7 Å². The van der Waals surface area contributed by atoms with Gasteiger partial charge in [0.05, 0.1) is 11.6 Å². The van der Waals surface area contributed by atoms with Crippen molar-refractivity contribution in [2.45, 2.75) is 19.4 Å². The van der Waals surface area contributed by atoms with Gasteiger partial charge in [-0.15, -0.1) is 6.58 Å². The summed E-state index contributed by atoms with van der Waals surface area (Å²) < 4.78 is 0. The monoisotopic (exact) mass is 270 g/mol. The van der Waals surface area contributed by atoms with Crippen molar-refractivity contribution in [2.75, 3.05) is 25.0 Å². The van der Waals surface area contributed by atoms with Gasteiger partial charge in [0, 0.05) is 25.8 Å². The number of likely N-dealkylation sites (N-methyl/N-ethyl adjacent to an activating group) is 1. The van der Waals surface area contributed by atoms with E-state index in [1.807, 2.05) is 18.9 Å². The molecule has 1 saturated heterocycles. The third-order valence-electron chi connectivity index (χ3n) is 3.52. The van der Waals surface area contributed by atoms with Crippen LogP contribution >= 0.6 is 0 Å². The molecule has 0 radical (unpaired) electrons. The molecule has 20 heavy (non-hydrogen) atoms. The highest BCUT2D eigenvalue weighted by Gasteiger charge is 2.34. The Morgan fingerprint density at radius 3 is 3.05 bits per heavy atom. The molecule has 0 N–H and O–H groups in total. The smallest absolute Gasteiger partial charge is 0.245 e. The lowest BCUT2D eigenvalue weighted by atomic mass is 10.2. The Balaban J connectivity index is 2.22. The zero-order valence-electron chi connectivity index (χ0n) is 11.8. The second-order valence-corrected chi connectivity index (χ2v) is 4.96. The minimum atomic E-state index is -0.212. The number of nitriles is 1. The van der Waals surface area contributed by atoms with Gasteiger partial charge in [-0.3, -0.25) is 4.79 Å². The van der Waals surface area contributed by atoms with Gasteiger partial charge in [-0.05, 0) is 25.5 Å². The number of hydrogen-bond acceptors (Lipinski definition) is 4. The summed E-state index contributed by atoms with van der Waals surface area (Å²) in [5.41, 5.74) is 1.34. The molecule has 0 aromatic carbocycles. The number of aromatic nitrogens is 1. The highest BCUT2D eigenvalue weighted by molar-refractivity contribution is 5.87. The molecule has 104 valence electrons. The summed E-state index contributed by atoms with van der Waals surface area (Å²) in [6.45, 7) is 6.82. The van der Waals surface area contributed by atoms with Crippen LogP contribution < -0.4 is 4.90 Å². The van der Waals surface area contributed by atoms with Crippen molar-refractivity contribution in [2.24, 2.45) is 0 Å². The molecule has 1 aliphatic heterocycles. The van der Waals surface area contributed by atoms with Crippen molar-refractivity contribution >= 4 is 11.7 Å². The molecule has 0 spiro atoms. The highest BCUT2D eigenvalue weighted by atomic mass is 16.2. The zero-order chi connectivity index (χ0) is 14.7. The van der Waals surface area contributed by atoms with Crippen molar-refractivity contribution in [1.29, 1.82) is 5.26 Å². The molecule has 1 aromatic rings. The number of carbonyl (C=O) groups is 1. The van der Waals surface area contributed by atoms with E-state index >= 15 is 0 Å². The van der Waals surface area contributed by atoms with E-state index in [1.165, 1.54) is 0 Å². The Kier molecular flexibility index (Phi) is 4.04. The highest BCUT2D eigenvalue weighted by Crippen LogP contribution is 2.22. The van der Waals surface area contributed by atoms with Crippen molar-refractivity contribution in [3.63, 3.8) is 0 Å². The van der Waals surface area contributed by atoms with Crippen LogP contribution in [0.2, 0.25) is 0 Å². The normalized spacial score (nSPS) is 17.9. The van der Waals surface area contributed by atoms with Gasteiger partial charge in [-0.2, -0.15) is 5.26 Å². The van der Waals surface area contributed by atoms with Gasteiger partial charge in [0.1, 0.15) is 11.9 Å². The summed E-state index contributed by atoms with van der Waals surface area (Å²) in [6.07, 6.45) is 2.50. The van der Waals surface area contributed by atoms with Gasteiger partial charge in [0.15, 0.2) is 0 Å². The van der Waals surface area contributed by atoms with Gasteiger partial charge in [0.2, 0.25) is 5.91 Å². The summed E-state index contributed by atoms with van der Waals surface area (Å²) in [6, 6.07) is 5.36. The Morgan fingerprint density at radius 2 is 2.40 bits per heavy atom. The molecule has 1 atom stereocenters. The number of nitrogens with zero attached hydrogens (tertiary/aromatic N) is 4. The van der Waals surface area contributed by atoms with E-state index in [2.05, 4.69) is 17.6 Å². The molecule has 2 rings (SSSR count). The van der Waals surface area contributed by atoms with E-state index in [-0.39, 0.29) is 11.9 Å². The number of rotatable bonds is 4. The summed E-state index contributed by atoms with van der Waals surface area (Å²) in [7, 11) is 1.85. The first-order valence-electron chi connectivity index (χ1n) is 6.58. The molecular weight excluding hydrogens is 252 g/mol. The Labute approximate surface area is 119 Å². The van der Waals surface area contributed by atoms with Crippen LogP contribution in [0.3, 0.4) is 0 Å². The summed E-state index contributed by atoms with van der Waals surface area (Å²) in [4.78, 5) is 20.4. The molecule has 1 amide bonds. The molecule has 1 fully saturated rings. The molecule has 1 aromatic heterocycles.